The van der Waals surface area contributed by atoms with E-state index in [1.807, 2.05) is 0 Å². The molecule has 2 rings (SSSR count). The Morgan fingerprint density at radius 1 is 1.75 bits per heavy atom. The van der Waals surface area contributed by atoms with Crippen molar-refractivity contribution < 1.29 is 5.11 Å². The fourth-order valence-corrected chi connectivity index (χ4v) is 1.74. The van der Waals surface area contributed by atoms with E-state index in [0.717, 1.165) is 11.1 Å². The van der Waals surface area contributed by atoms with Gasteiger partial charge in [0.1, 0.15) is 5.02 Å². The lowest BCUT2D eigenvalue weighted by atomic mass is 10.4. The second kappa shape index (κ2) is 4.43. The van der Waals surface area contributed by atoms with Gasteiger partial charge in [-0.05, 0) is 12.3 Å². The van der Waals surface area contributed by atoms with Gasteiger partial charge in [-0.1, -0.05) is 18.5 Å². The molecule has 1 aliphatic carbocycles. The number of nitrogens with zero attached hydrogens (tertiary/aromatic N) is 2. The molecule has 1 aromatic heterocycles. The van der Waals surface area contributed by atoms with Crippen LogP contribution in [-0.4, -0.2) is 27.5 Å². The van der Waals surface area contributed by atoms with Gasteiger partial charge in [0.05, 0.1) is 25.0 Å². The van der Waals surface area contributed by atoms with Crippen LogP contribution in [0.15, 0.2) is 11.0 Å². The van der Waals surface area contributed by atoms with Gasteiger partial charge in [0, 0.05) is 6.04 Å². The van der Waals surface area contributed by atoms with Crippen LogP contribution in [0.2, 0.25) is 5.02 Å². The first kappa shape index (κ1) is 11.4. The Labute approximate surface area is 98.0 Å². The van der Waals surface area contributed by atoms with Crippen molar-refractivity contribution in [3.05, 3.63) is 21.6 Å². The predicted molar refractivity (Wildman–Crippen MR) is 61.8 cm³/mol. The molecule has 1 aromatic rings. The molecule has 2 unspecified atom stereocenters. The third-order valence-electron chi connectivity index (χ3n) is 2.75. The first-order valence-corrected chi connectivity index (χ1v) is 5.64. The molecule has 88 valence electrons. The SMILES string of the molecule is CC1CC1Nc1cnn(CCO)c(=O)c1Cl. The predicted octanol–water partition coefficient (Wildman–Crippen LogP) is 0.709. The molecule has 2 N–H and O–H groups in total. The molecular weight excluding hydrogens is 230 g/mol. The monoisotopic (exact) mass is 243 g/mol. The lowest BCUT2D eigenvalue weighted by Gasteiger charge is -2.08. The number of aliphatic hydroxyl groups excluding tert-OH is 1. The van der Waals surface area contributed by atoms with Gasteiger partial charge in [-0.25, -0.2) is 4.68 Å². The topological polar surface area (TPSA) is 67.2 Å². The Morgan fingerprint density at radius 2 is 2.44 bits per heavy atom. The molecule has 0 bridgehead atoms. The zero-order chi connectivity index (χ0) is 11.7. The summed E-state index contributed by atoms with van der Waals surface area (Å²) in [4.78, 5) is 11.7. The molecule has 0 saturated heterocycles. The van der Waals surface area contributed by atoms with E-state index in [1.54, 1.807) is 0 Å². The summed E-state index contributed by atoms with van der Waals surface area (Å²) in [6, 6.07) is 0.396. The summed E-state index contributed by atoms with van der Waals surface area (Å²) in [5.74, 6) is 0.621. The smallest absolute Gasteiger partial charge is 0.287 e. The highest BCUT2D eigenvalue weighted by Crippen LogP contribution is 2.33. The van der Waals surface area contributed by atoms with E-state index in [4.69, 9.17) is 16.7 Å². The maximum absolute atomic E-state index is 11.7. The highest BCUT2D eigenvalue weighted by molar-refractivity contribution is 6.32. The quantitative estimate of drug-likeness (QED) is 0.817. The highest BCUT2D eigenvalue weighted by atomic mass is 35.5. The number of halogens is 1. The Morgan fingerprint density at radius 3 is 3.00 bits per heavy atom. The van der Waals surface area contributed by atoms with E-state index in [1.165, 1.54) is 6.20 Å². The third-order valence-corrected chi connectivity index (χ3v) is 3.11. The summed E-state index contributed by atoms with van der Waals surface area (Å²) in [6.07, 6.45) is 2.63. The number of hydrogen-bond donors (Lipinski definition) is 2. The maximum Gasteiger partial charge on any atom is 0.287 e. The summed E-state index contributed by atoms with van der Waals surface area (Å²) in [5, 5.41) is 16.0. The van der Waals surface area contributed by atoms with Crippen LogP contribution < -0.4 is 10.9 Å². The molecule has 0 amide bonds. The van der Waals surface area contributed by atoms with E-state index in [0.29, 0.717) is 17.6 Å². The molecule has 6 heteroatoms. The van der Waals surface area contributed by atoms with Crippen LogP contribution in [0.4, 0.5) is 5.69 Å². The molecule has 16 heavy (non-hydrogen) atoms. The van der Waals surface area contributed by atoms with Crippen LogP contribution >= 0.6 is 11.6 Å². The van der Waals surface area contributed by atoms with Crippen LogP contribution in [-0.2, 0) is 6.54 Å². The fraction of sp³-hybridized carbons (Fsp3) is 0.600. The van der Waals surface area contributed by atoms with Crippen molar-refractivity contribution in [2.24, 2.45) is 5.92 Å². The minimum atomic E-state index is -0.367. The van der Waals surface area contributed by atoms with Crippen molar-refractivity contribution in [3.8, 4) is 0 Å². The lowest BCUT2D eigenvalue weighted by Crippen LogP contribution is -2.26. The molecule has 1 aliphatic rings. The van der Waals surface area contributed by atoms with Crippen molar-refractivity contribution in [1.29, 1.82) is 0 Å². The van der Waals surface area contributed by atoms with Crippen molar-refractivity contribution in [2.75, 3.05) is 11.9 Å². The van der Waals surface area contributed by atoms with Crippen LogP contribution in [0.3, 0.4) is 0 Å². The second-order valence-electron chi connectivity index (χ2n) is 4.09. The zero-order valence-corrected chi connectivity index (χ0v) is 9.74. The standard InChI is InChI=1S/C10H14ClN3O2/c1-6-4-7(6)13-8-5-12-14(2-3-15)10(16)9(8)11/h5-7,13,15H,2-4H2,1H3. The van der Waals surface area contributed by atoms with E-state index < -0.39 is 0 Å². The number of aromatic nitrogens is 2. The van der Waals surface area contributed by atoms with Gasteiger partial charge in [0.15, 0.2) is 0 Å². The van der Waals surface area contributed by atoms with Crippen molar-refractivity contribution in [2.45, 2.75) is 25.9 Å². The molecule has 0 aliphatic heterocycles. The van der Waals surface area contributed by atoms with E-state index in [-0.39, 0.29) is 23.7 Å². The minimum absolute atomic E-state index is 0.129. The number of aliphatic hydroxyl groups is 1. The van der Waals surface area contributed by atoms with Crippen molar-refractivity contribution >= 4 is 17.3 Å². The summed E-state index contributed by atoms with van der Waals surface area (Å²) in [6.45, 7) is 2.17. The number of hydrogen-bond acceptors (Lipinski definition) is 4. The van der Waals surface area contributed by atoms with Gasteiger partial charge >= 0.3 is 0 Å². The van der Waals surface area contributed by atoms with Crippen molar-refractivity contribution in [3.63, 3.8) is 0 Å². The van der Waals surface area contributed by atoms with E-state index in [9.17, 15) is 4.79 Å². The van der Waals surface area contributed by atoms with E-state index in [2.05, 4.69) is 17.3 Å². The van der Waals surface area contributed by atoms with Crippen molar-refractivity contribution in [1.82, 2.24) is 9.78 Å². The molecule has 0 aromatic carbocycles. The molecule has 1 heterocycles. The Hall–Kier alpha value is -1.07. The van der Waals surface area contributed by atoms with Gasteiger partial charge in [0.2, 0.25) is 0 Å². The maximum atomic E-state index is 11.7. The van der Waals surface area contributed by atoms with Gasteiger partial charge in [0.25, 0.3) is 5.56 Å². The van der Waals surface area contributed by atoms with Crippen LogP contribution in [0, 0.1) is 5.92 Å². The van der Waals surface area contributed by atoms with Gasteiger partial charge in [-0.2, -0.15) is 5.10 Å². The molecule has 2 atom stereocenters. The summed E-state index contributed by atoms with van der Waals surface area (Å²) in [5.41, 5.74) is 0.212. The minimum Gasteiger partial charge on any atom is -0.394 e. The average molecular weight is 244 g/mol. The summed E-state index contributed by atoms with van der Waals surface area (Å²) >= 11 is 5.94. The zero-order valence-electron chi connectivity index (χ0n) is 8.98. The van der Waals surface area contributed by atoms with Crippen LogP contribution in [0.5, 0.6) is 0 Å². The molecule has 5 nitrogen and oxygen atoms in total. The van der Waals surface area contributed by atoms with Gasteiger partial charge in [-0.15, -0.1) is 0 Å². The molecule has 0 radical (unpaired) electrons. The lowest BCUT2D eigenvalue weighted by molar-refractivity contribution is 0.266. The fourth-order valence-electron chi connectivity index (χ4n) is 1.54. The second-order valence-corrected chi connectivity index (χ2v) is 4.47. The number of rotatable bonds is 4. The largest absolute Gasteiger partial charge is 0.394 e. The van der Waals surface area contributed by atoms with Crippen LogP contribution in [0.25, 0.3) is 0 Å². The van der Waals surface area contributed by atoms with Crippen LogP contribution in [0.1, 0.15) is 13.3 Å². The Kier molecular flexibility index (Phi) is 3.16. The highest BCUT2D eigenvalue weighted by Gasteiger charge is 2.33. The molecule has 1 fully saturated rings. The molecular formula is C10H14ClN3O2. The van der Waals surface area contributed by atoms with E-state index >= 15 is 0 Å². The summed E-state index contributed by atoms with van der Waals surface area (Å²) < 4.78 is 1.16. The third kappa shape index (κ3) is 2.20. The van der Waals surface area contributed by atoms with Gasteiger partial charge in [-0.3, -0.25) is 4.79 Å². The number of anilines is 1. The first-order valence-electron chi connectivity index (χ1n) is 5.26. The first-order chi connectivity index (χ1) is 7.63. The van der Waals surface area contributed by atoms with Gasteiger partial charge < -0.3 is 10.4 Å². The summed E-state index contributed by atoms with van der Waals surface area (Å²) in [7, 11) is 0. The molecule has 1 saturated carbocycles. The average Bonchev–Trinajstić information content (AvgIpc) is 2.94. The normalized spacial score (nSPS) is 23.2. The number of nitrogens with one attached hydrogen (secondary N) is 1. The Bertz CT molecular complexity index is 446. The molecule has 0 spiro atoms. The Balaban J connectivity index is 2.21.